The Balaban J connectivity index is 1.63. The molecule has 0 saturated carbocycles. The van der Waals surface area contributed by atoms with Crippen LogP contribution in [0.2, 0.25) is 5.02 Å². The lowest BCUT2D eigenvalue weighted by atomic mass is 10.1. The summed E-state index contributed by atoms with van der Waals surface area (Å²) in [5.74, 6) is 1.00. The van der Waals surface area contributed by atoms with Crippen molar-refractivity contribution < 1.29 is 9.34 Å². The van der Waals surface area contributed by atoms with Gasteiger partial charge < -0.3 is 4.42 Å². The summed E-state index contributed by atoms with van der Waals surface area (Å²) in [6, 6.07) is 27.6. The lowest BCUT2D eigenvalue weighted by molar-refractivity contribution is -0.384. The molecule has 148 valence electrons. The summed E-state index contributed by atoms with van der Waals surface area (Å²) in [4.78, 5) is 10.6. The molecular formula is C23H16ClN3O3. The Labute approximate surface area is 177 Å². The van der Waals surface area contributed by atoms with Crippen LogP contribution in [0.25, 0.3) is 11.3 Å². The van der Waals surface area contributed by atoms with Gasteiger partial charge in [-0.2, -0.15) is 5.10 Å². The third kappa shape index (κ3) is 4.24. The lowest BCUT2D eigenvalue weighted by Gasteiger charge is -2.18. The Hall–Kier alpha value is -3.90. The van der Waals surface area contributed by atoms with Gasteiger partial charge in [-0.1, -0.05) is 48.0 Å². The number of nitrogens with zero attached hydrogens (tertiary/aromatic N) is 3. The van der Waals surface area contributed by atoms with Crippen molar-refractivity contribution >= 4 is 34.9 Å². The van der Waals surface area contributed by atoms with E-state index in [1.54, 1.807) is 29.4 Å². The van der Waals surface area contributed by atoms with Crippen molar-refractivity contribution in [1.29, 1.82) is 0 Å². The average molecular weight is 418 g/mol. The molecule has 4 aromatic rings. The summed E-state index contributed by atoms with van der Waals surface area (Å²) >= 11 is 5.89. The van der Waals surface area contributed by atoms with E-state index in [0.717, 1.165) is 11.4 Å². The Bertz CT molecular complexity index is 1150. The van der Waals surface area contributed by atoms with E-state index in [4.69, 9.17) is 16.0 Å². The van der Waals surface area contributed by atoms with E-state index in [0.29, 0.717) is 17.1 Å². The van der Waals surface area contributed by atoms with Gasteiger partial charge in [0.25, 0.3) is 5.69 Å². The average Bonchev–Trinajstić information content (AvgIpc) is 3.24. The summed E-state index contributed by atoms with van der Waals surface area (Å²) in [6.45, 7) is 0. The molecule has 0 fully saturated rings. The van der Waals surface area contributed by atoms with Crippen LogP contribution < -0.4 is 5.01 Å². The van der Waals surface area contributed by atoms with Gasteiger partial charge in [0.05, 0.1) is 22.5 Å². The maximum absolute atomic E-state index is 11.1. The van der Waals surface area contributed by atoms with Crippen molar-refractivity contribution in [3.8, 4) is 11.3 Å². The zero-order valence-electron chi connectivity index (χ0n) is 15.7. The molecule has 4 rings (SSSR count). The van der Waals surface area contributed by atoms with E-state index >= 15 is 0 Å². The smallest absolute Gasteiger partial charge is 0.288 e. The van der Waals surface area contributed by atoms with Crippen LogP contribution in [0.1, 0.15) is 5.76 Å². The number of hydrogen-bond acceptors (Lipinski definition) is 5. The molecule has 7 heteroatoms. The molecule has 0 aliphatic carbocycles. The molecule has 0 radical (unpaired) electrons. The van der Waals surface area contributed by atoms with Gasteiger partial charge in [0.1, 0.15) is 16.5 Å². The predicted molar refractivity (Wildman–Crippen MR) is 118 cm³/mol. The fourth-order valence-electron chi connectivity index (χ4n) is 2.92. The number of hydrogen-bond donors (Lipinski definition) is 0. The second-order valence-electron chi connectivity index (χ2n) is 6.35. The molecule has 30 heavy (non-hydrogen) atoms. The second kappa shape index (κ2) is 8.63. The van der Waals surface area contributed by atoms with Gasteiger partial charge in [-0.25, -0.2) is 5.01 Å². The van der Waals surface area contributed by atoms with E-state index in [1.165, 1.54) is 12.1 Å². The van der Waals surface area contributed by atoms with Gasteiger partial charge in [0, 0.05) is 11.6 Å². The lowest BCUT2D eigenvalue weighted by Crippen LogP contribution is -2.08. The first kappa shape index (κ1) is 19.4. The topological polar surface area (TPSA) is 71.9 Å². The molecule has 0 atom stereocenters. The van der Waals surface area contributed by atoms with Crippen LogP contribution in [0.15, 0.2) is 101 Å². The summed E-state index contributed by atoms with van der Waals surface area (Å²) in [7, 11) is 0. The largest absolute Gasteiger partial charge is 0.455 e. The Kier molecular flexibility index (Phi) is 5.59. The summed E-state index contributed by atoms with van der Waals surface area (Å²) in [5, 5.41) is 17.6. The van der Waals surface area contributed by atoms with Crippen molar-refractivity contribution in [2.75, 3.05) is 5.01 Å². The molecule has 0 aliphatic rings. The molecule has 0 saturated heterocycles. The fourth-order valence-corrected chi connectivity index (χ4v) is 3.11. The molecule has 0 bridgehead atoms. The minimum absolute atomic E-state index is 0.0819. The number of rotatable bonds is 6. The number of benzene rings is 3. The Morgan fingerprint density at radius 3 is 2.13 bits per heavy atom. The minimum Gasteiger partial charge on any atom is -0.455 e. The van der Waals surface area contributed by atoms with Crippen molar-refractivity contribution in [2.45, 2.75) is 0 Å². The fraction of sp³-hybridized carbons (Fsp3) is 0. The third-order valence-electron chi connectivity index (χ3n) is 4.36. The van der Waals surface area contributed by atoms with E-state index in [-0.39, 0.29) is 10.7 Å². The molecule has 1 aromatic heterocycles. The van der Waals surface area contributed by atoms with E-state index in [9.17, 15) is 10.1 Å². The molecule has 0 spiro atoms. The quantitative estimate of drug-likeness (QED) is 0.199. The molecule has 0 amide bonds. The number of para-hydroxylation sites is 2. The highest BCUT2D eigenvalue weighted by atomic mass is 35.5. The molecule has 1 heterocycles. The zero-order chi connectivity index (χ0) is 20.9. The molecule has 0 unspecified atom stereocenters. The number of halogens is 1. The van der Waals surface area contributed by atoms with Crippen LogP contribution in [0.3, 0.4) is 0 Å². The van der Waals surface area contributed by atoms with Crippen LogP contribution in [-0.4, -0.2) is 11.1 Å². The highest BCUT2D eigenvalue weighted by Crippen LogP contribution is 2.31. The van der Waals surface area contributed by atoms with Crippen LogP contribution in [0, 0.1) is 10.1 Å². The summed E-state index contributed by atoms with van der Waals surface area (Å²) < 4.78 is 5.82. The van der Waals surface area contributed by atoms with Crippen molar-refractivity contribution in [3.63, 3.8) is 0 Å². The number of furan rings is 1. The first-order chi connectivity index (χ1) is 14.6. The molecule has 6 nitrogen and oxygen atoms in total. The normalized spacial score (nSPS) is 11.0. The highest BCUT2D eigenvalue weighted by Gasteiger charge is 2.15. The van der Waals surface area contributed by atoms with Gasteiger partial charge in [-0.05, 0) is 48.5 Å². The molecular weight excluding hydrogens is 402 g/mol. The van der Waals surface area contributed by atoms with Gasteiger partial charge >= 0.3 is 0 Å². The highest BCUT2D eigenvalue weighted by molar-refractivity contribution is 6.32. The first-order valence-corrected chi connectivity index (χ1v) is 9.48. The molecule has 0 N–H and O–H groups in total. The van der Waals surface area contributed by atoms with E-state index < -0.39 is 4.92 Å². The van der Waals surface area contributed by atoms with Crippen LogP contribution in [-0.2, 0) is 0 Å². The standard InChI is InChI=1S/C23H16ClN3O3/c24-21-13-11-17(15-22(21)27(28)29)23-14-12-20(30-23)16-25-26(18-7-3-1-4-8-18)19-9-5-2-6-10-19/h1-16H/b25-16+. The zero-order valence-corrected chi connectivity index (χ0v) is 16.4. The van der Waals surface area contributed by atoms with Gasteiger partial charge in [-0.15, -0.1) is 0 Å². The van der Waals surface area contributed by atoms with Crippen LogP contribution in [0.4, 0.5) is 17.1 Å². The predicted octanol–water partition coefficient (Wildman–Crippen LogP) is 6.68. The maximum Gasteiger partial charge on any atom is 0.288 e. The monoisotopic (exact) mass is 417 g/mol. The molecule has 0 aliphatic heterocycles. The van der Waals surface area contributed by atoms with Crippen molar-refractivity contribution in [1.82, 2.24) is 0 Å². The van der Waals surface area contributed by atoms with Crippen molar-refractivity contribution in [2.24, 2.45) is 5.10 Å². The summed E-state index contributed by atoms with van der Waals surface area (Å²) in [6.07, 6.45) is 1.60. The molecule has 3 aromatic carbocycles. The first-order valence-electron chi connectivity index (χ1n) is 9.10. The Morgan fingerprint density at radius 1 is 0.900 bits per heavy atom. The SMILES string of the molecule is O=[N+]([O-])c1cc(-c2ccc(/C=N/N(c3ccccc3)c3ccccc3)o2)ccc1Cl. The second-order valence-corrected chi connectivity index (χ2v) is 6.76. The summed E-state index contributed by atoms with van der Waals surface area (Å²) in [5.41, 5.74) is 2.20. The van der Waals surface area contributed by atoms with E-state index in [2.05, 4.69) is 5.10 Å². The maximum atomic E-state index is 11.1. The van der Waals surface area contributed by atoms with Gasteiger partial charge in [-0.3, -0.25) is 10.1 Å². The van der Waals surface area contributed by atoms with Crippen LogP contribution >= 0.6 is 11.6 Å². The number of hydrazone groups is 1. The minimum atomic E-state index is -0.519. The van der Waals surface area contributed by atoms with Gasteiger partial charge in [0.2, 0.25) is 0 Å². The third-order valence-corrected chi connectivity index (χ3v) is 4.68. The Morgan fingerprint density at radius 2 is 1.53 bits per heavy atom. The number of anilines is 2. The van der Waals surface area contributed by atoms with E-state index in [1.807, 2.05) is 60.7 Å². The van der Waals surface area contributed by atoms with Crippen LogP contribution in [0.5, 0.6) is 0 Å². The number of nitro benzene ring substituents is 1. The van der Waals surface area contributed by atoms with Gasteiger partial charge in [0.15, 0.2) is 0 Å². The number of nitro groups is 1. The van der Waals surface area contributed by atoms with Crippen molar-refractivity contribution in [3.05, 3.63) is 112 Å².